The second-order valence-corrected chi connectivity index (χ2v) is 7.18. The highest BCUT2D eigenvalue weighted by Crippen LogP contribution is 2.31. The Morgan fingerprint density at radius 3 is 2.43 bits per heavy atom. The second-order valence-electron chi connectivity index (χ2n) is 7.18. The SMILES string of the molecule is CCn1cc(CCOCC(CC)(COC(C)C)CC(C)C)nn1. The van der Waals surface area contributed by atoms with E-state index in [4.69, 9.17) is 9.47 Å². The summed E-state index contributed by atoms with van der Waals surface area (Å²) < 4.78 is 13.8. The Bertz CT molecular complexity index is 432. The van der Waals surface area contributed by atoms with E-state index in [0.29, 0.717) is 12.5 Å². The fourth-order valence-corrected chi connectivity index (χ4v) is 2.79. The Morgan fingerprint density at radius 2 is 1.91 bits per heavy atom. The smallest absolute Gasteiger partial charge is 0.0850 e. The molecular weight excluding hydrogens is 290 g/mol. The molecule has 0 aliphatic carbocycles. The van der Waals surface area contributed by atoms with Gasteiger partial charge in [-0.3, -0.25) is 4.68 Å². The summed E-state index contributed by atoms with van der Waals surface area (Å²) in [5, 5.41) is 8.22. The molecule has 1 atom stereocenters. The lowest BCUT2D eigenvalue weighted by atomic mass is 9.79. The molecular formula is C18H35N3O2. The average molecular weight is 325 g/mol. The molecule has 5 nitrogen and oxygen atoms in total. The van der Waals surface area contributed by atoms with Crippen molar-refractivity contribution in [3.05, 3.63) is 11.9 Å². The van der Waals surface area contributed by atoms with Crippen LogP contribution in [0.3, 0.4) is 0 Å². The quantitative estimate of drug-likeness (QED) is 0.550. The van der Waals surface area contributed by atoms with Gasteiger partial charge in [0.1, 0.15) is 0 Å². The highest BCUT2D eigenvalue weighted by atomic mass is 16.5. The van der Waals surface area contributed by atoms with Crippen molar-refractivity contribution < 1.29 is 9.47 Å². The zero-order valence-corrected chi connectivity index (χ0v) is 15.8. The lowest BCUT2D eigenvalue weighted by molar-refractivity contribution is -0.0524. The standard InChI is InChI=1S/C18H35N3O2/c1-7-18(11-15(3)4,14-23-16(5)6)13-22-10-9-17-12-21(8-2)20-19-17/h12,15-16H,7-11,13-14H2,1-6H3. The minimum atomic E-state index is 0.111. The molecule has 0 aliphatic heterocycles. The summed E-state index contributed by atoms with van der Waals surface area (Å²) in [6.07, 6.45) is 5.27. The van der Waals surface area contributed by atoms with Gasteiger partial charge >= 0.3 is 0 Å². The number of rotatable bonds is 12. The van der Waals surface area contributed by atoms with Crippen molar-refractivity contribution in [2.75, 3.05) is 19.8 Å². The van der Waals surface area contributed by atoms with Crippen molar-refractivity contribution in [1.82, 2.24) is 15.0 Å². The number of aryl methyl sites for hydroxylation is 1. The first-order valence-corrected chi connectivity index (χ1v) is 8.99. The van der Waals surface area contributed by atoms with Gasteiger partial charge in [-0.25, -0.2) is 0 Å². The minimum absolute atomic E-state index is 0.111. The molecule has 0 radical (unpaired) electrons. The highest BCUT2D eigenvalue weighted by Gasteiger charge is 2.30. The normalized spacial score (nSPS) is 14.6. The molecule has 5 heteroatoms. The molecule has 23 heavy (non-hydrogen) atoms. The van der Waals surface area contributed by atoms with Crippen LogP contribution in [0.5, 0.6) is 0 Å². The summed E-state index contributed by atoms with van der Waals surface area (Å²) in [4.78, 5) is 0. The van der Waals surface area contributed by atoms with E-state index in [2.05, 4.69) is 51.9 Å². The second kappa shape index (κ2) is 10.0. The fraction of sp³-hybridized carbons (Fsp3) is 0.889. The predicted molar refractivity (Wildman–Crippen MR) is 93.5 cm³/mol. The van der Waals surface area contributed by atoms with Crippen molar-refractivity contribution in [2.24, 2.45) is 11.3 Å². The van der Waals surface area contributed by atoms with Crippen molar-refractivity contribution in [3.63, 3.8) is 0 Å². The monoisotopic (exact) mass is 325 g/mol. The molecule has 0 aliphatic rings. The van der Waals surface area contributed by atoms with Gasteiger partial charge < -0.3 is 9.47 Å². The third-order valence-corrected chi connectivity index (χ3v) is 4.13. The van der Waals surface area contributed by atoms with Gasteiger partial charge in [0.05, 0.1) is 31.6 Å². The van der Waals surface area contributed by atoms with E-state index in [-0.39, 0.29) is 11.5 Å². The molecule has 1 heterocycles. The number of hydrogen-bond acceptors (Lipinski definition) is 4. The van der Waals surface area contributed by atoms with Gasteiger partial charge in [0.2, 0.25) is 0 Å². The summed E-state index contributed by atoms with van der Waals surface area (Å²) >= 11 is 0. The molecule has 0 spiro atoms. The van der Waals surface area contributed by atoms with E-state index in [1.807, 2.05) is 10.9 Å². The topological polar surface area (TPSA) is 49.2 Å². The van der Waals surface area contributed by atoms with Gasteiger partial charge in [-0.15, -0.1) is 5.10 Å². The van der Waals surface area contributed by atoms with Crippen LogP contribution in [0.1, 0.15) is 60.1 Å². The van der Waals surface area contributed by atoms with Crippen LogP contribution in [-0.4, -0.2) is 40.9 Å². The van der Waals surface area contributed by atoms with Gasteiger partial charge in [0.15, 0.2) is 0 Å². The Balaban J connectivity index is 2.48. The maximum absolute atomic E-state index is 6.01. The Hall–Kier alpha value is -0.940. The van der Waals surface area contributed by atoms with Crippen molar-refractivity contribution in [1.29, 1.82) is 0 Å². The van der Waals surface area contributed by atoms with Crippen molar-refractivity contribution in [2.45, 2.75) is 73.5 Å². The zero-order valence-electron chi connectivity index (χ0n) is 15.8. The zero-order chi connectivity index (χ0) is 17.3. The maximum atomic E-state index is 6.01. The summed E-state index contributed by atoms with van der Waals surface area (Å²) in [5.74, 6) is 0.638. The van der Waals surface area contributed by atoms with E-state index in [9.17, 15) is 0 Å². The van der Waals surface area contributed by atoms with Crippen LogP contribution < -0.4 is 0 Å². The lowest BCUT2D eigenvalue weighted by Gasteiger charge is -2.34. The van der Waals surface area contributed by atoms with Crippen LogP contribution in [-0.2, 0) is 22.4 Å². The molecule has 0 saturated carbocycles. The average Bonchev–Trinajstić information content (AvgIpc) is 2.96. The molecule has 1 aromatic heterocycles. The number of aromatic nitrogens is 3. The molecule has 0 fully saturated rings. The summed E-state index contributed by atoms with van der Waals surface area (Å²) in [6, 6.07) is 0. The molecule has 134 valence electrons. The van der Waals surface area contributed by atoms with E-state index >= 15 is 0 Å². The van der Waals surface area contributed by atoms with Crippen LogP contribution in [0.2, 0.25) is 0 Å². The molecule has 0 bridgehead atoms. The Labute approximate surface area is 141 Å². The van der Waals surface area contributed by atoms with Crippen molar-refractivity contribution in [3.8, 4) is 0 Å². The van der Waals surface area contributed by atoms with Crippen LogP contribution in [0.15, 0.2) is 6.20 Å². The van der Waals surface area contributed by atoms with E-state index in [1.54, 1.807) is 0 Å². The van der Waals surface area contributed by atoms with E-state index in [0.717, 1.165) is 44.7 Å². The first-order chi connectivity index (χ1) is 10.9. The molecule has 1 rings (SSSR count). The maximum Gasteiger partial charge on any atom is 0.0850 e. The summed E-state index contributed by atoms with van der Waals surface area (Å²) in [7, 11) is 0. The number of hydrogen-bond donors (Lipinski definition) is 0. The third-order valence-electron chi connectivity index (χ3n) is 4.13. The summed E-state index contributed by atoms with van der Waals surface area (Å²) in [5.41, 5.74) is 1.11. The van der Waals surface area contributed by atoms with Gasteiger partial charge in [0, 0.05) is 24.6 Å². The van der Waals surface area contributed by atoms with Gasteiger partial charge in [-0.2, -0.15) is 0 Å². The van der Waals surface area contributed by atoms with E-state index < -0.39 is 0 Å². The fourth-order valence-electron chi connectivity index (χ4n) is 2.79. The first-order valence-electron chi connectivity index (χ1n) is 8.99. The van der Waals surface area contributed by atoms with Gasteiger partial charge in [-0.05, 0) is 39.5 Å². The van der Waals surface area contributed by atoms with Gasteiger partial charge in [0.25, 0.3) is 0 Å². The molecule has 1 unspecified atom stereocenters. The third kappa shape index (κ3) is 7.44. The number of ether oxygens (including phenoxy) is 2. The first kappa shape index (κ1) is 20.1. The van der Waals surface area contributed by atoms with Crippen LogP contribution >= 0.6 is 0 Å². The van der Waals surface area contributed by atoms with Crippen LogP contribution in [0.4, 0.5) is 0 Å². The Kier molecular flexibility index (Phi) is 8.77. The minimum Gasteiger partial charge on any atom is -0.380 e. The van der Waals surface area contributed by atoms with Crippen molar-refractivity contribution >= 4 is 0 Å². The Morgan fingerprint density at radius 1 is 1.17 bits per heavy atom. The molecule has 0 amide bonds. The largest absolute Gasteiger partial charge is 0.380 e. The summed E-state index contributed by atoms with van der Waals surface area (Å²) in [6.45, 7) is 16.1. The van der Waals surface area contributed by atoms with E-state index in [1.165, 1.54) is 0 Å². The molecule has 0 aromatic carbocycles. The highest BCUT2D eigenvalue weighted by molar-refractivity contribution is 4.92. The molecule has 1 aromatic rings. The molecule has 0 N–H and O–H groups in total. The van der Waals surface area contributed by atoms with Gasteiger partial charge in [-0.1, -0.05) is 26.0 Å². The molecule has 0 saturated heterocycles. The van der Waals surface area contributed by atoms with Crippen LogP contribution in [0.25, 0.3) is 0 Å². The number of nitrogens with zero attached hydrogens (tertiary/aromatic N) is 3. The predicted octanol–water partition coefficient (Wildman–Crippen LogP) is 3.72. The van der Waals surface area contributed by atoms with Crippen LogP contribution in [0, 0.1) is 11.3 Å². The lowest BCUT2D eigenvalue weighted by Crippen LogP contribution is -2.34.